The molecule has 3 nitrogen and oxygen atoms in total. The number of ether oxygens (including phenoxy) is 2. The summed E-state index contributed by atoms with van der Waals surface area (Å²) < 4.78 is 25.1. The number of unbranched alkanes of at least 4 members (excludes halogenated alkanes) is 1. The smallest absolute Gasteiger partial charge is 0.161 e. The van der Waals surface area contributed by atoms with Gasteiger partial charge in [-0.25, -0.2) is 4.39 Å². The molecule has 2 heterocycles. The van der Waals surface area contributed by atoms with Crippen molar-refractivity contribution >= 4 is 10.9 Å². The van der Waals surface area contributed by atoms with Crippen LogP contribution < -0.4 is 9.47 Å². The number of benzene rings is 2. The van der Waals surface area contributed by atoms with Crippen LogP contribution in [0.15, 0.2) is 48.7 Å². The molecule has 0 fully saturated rings. The highest BCUT2D eigenvalue weighted by Gasteiger charge is 2.19. The molecule has 3 aromatic rings. The number of fused-ring (bicyclic) bond motifs is 2. The van der Waals surface area contributed by atoms with Crippen molar-refractivity contribution in [2.75, 3.05) is 6.61 Å². The number of rotatable bonds is 5. The normalized spacial score (nSPS) is 16.5. The Labute approximate surface area is 140 Å². The van der Waals surface area contributed by atoms with Gasteiger partial charge in [0.25, 0.3) is 0 Å². The van der Waals surface area contributed by atoms with Gasteiger partial charge in [-0.2, -0.15) is 0 Å². The molecular formula is C20H20FNO2. The molecule has 24 heavy (non-hydrogen) atoms. The lowest BCUT2D eigenvalue weighted by Gasteiger charge is -2.26. The van der Waals surface area contributed by atoms with E-state index in [1.165, 1.54) is 11.6 Å². The molecule has 1 aromatic heterocycles. The van der Waals surface area contributed by atoms with Crippen LogP contribution in [0.4, 0.5) is 4.39 Å². The third-order valence-corrected chi connectivity index (χ3v) is 4.52. The first-order valence-corrected chi connectivity index (χ1v) is 8.43. The van der Waals surface area contributed by atoms with E-state index in [1.807, 2.05) is 30.5 Å². The molecular weight excluding hydrogens is 305 g/mol. The zero-order valence-electron chi connectivity index (χ0n) is 13.4. The molecule has 1 N–H and O–H groups in total. The fraction of sp³-hybridized carbons (Fsp3) is 0.300. The Morgan fingerprint density at radius 3 is 2.88 bits per heavy atom. The first-order valence-electron chi connectivity index (χ1n) is 8.43. The number of H-pyrrole nitrogens is 1. The summed E-state index contributed by atoms with van der Waals surface area (Å²) in [6, 6.07) is 12.7. The van der Waals surface area contributed by atoms with E-state index < -0.39 is 0 Å². The Kier molecular flexibility index (Phi) is 4.11. The number of para-hydroxylation sites is 2. The maximum Gasteiger partial charge on any atom is 0.161 e. The molecule has 1 unspecified atom stereocenters. The molecule has 4 heteroatoms. The van der Waals surface area contributed by atoms with Crippen molar-refractivity contribution in [1.29, 1.82) is 0 Å². The topological polar surface area (TPSA) is 34.2 Å². The lowest BCUT2D eigenvalue weighted by molar-refractivity contribution is 0.0830. The van der Waals surface area contributed by atoms with Gasteiger partial charge in [0.1, 0.15) is 18.5 Å². The molecule has 124 valence electrons. The molecule has 0 aliphatic carbocycles. The van der Waals surface area contributed by atoms with Crippen molar-refractivity contribution in [2.45, 2.75) is 31.8 Å². The molecule has 1 aliphatic heterocycles. The van der Waals surface area contributed by atoms with E-state index in [9.17, 15) is 4.39 Å². The van der Waals surface area contributed by atoms with Crippen LogP contribution in [0.5, 0.6) is 11.5 Å². The number of aryl methyl sites for hydroxylation is 1. The van der Waals surface area contributed by atoms with Gasteiger partial charge in [0.05, 0.1) is 0 Å². The highest BCUT2D eigenvalue weighted by atomic mass is 19.1. The number of nitrogens with one attached hydrogen (secondary N) is 1. The Balaban J connectivity index is 1.30. The number of hydrogen-bond acceptors (Lipinski definition) is 2. The summed E-state index contributed by atoms with van der Waals surface area (Å²) in [6.07, 6.45) is 6.10. The lowest BCUT2D eigenvalue weighted by atomic mass is 10.0. The van der Waals surface area contributed by atoms with E-state index in [2.05, 4.69) is 4.98 Å². The molecule has 1 atom stereocenters. The fourth-order valence-electron chi connectivity index (χ4n) is 3.25. The summed E-state index contributed by atoms with van der Waals surface area (Å²) >= 11 is 0. The highest BCUT2D eigenvalue weighted by Crippen LogP contribution is 2.32. The van der Waals surface area contributed by atoms with Crippen LogP contribution >= 0.6 is 0 Å². The average Bonchev–Trinajstić information content (AvgIpc) is 3.01. The van der Waals surface area contributed by atoms with Crippen LogP contribution in [-0.2, 0) is 6.42 Å². The van der Waals surface area contributed by atoms with Gasteiger partial charge >= 0.3 is 0 Å². The summed E-state index contributed by atoms with van der Waals surface area (Å²) in [6.45, 7) is 0.606. The van der Waals surface area contributed by atoms with Gasteiger partial charge in [-0.05, 0) is 61.6 Å². The Bertz CT molecular complexity index is 843. The second kappa shape index (κ2) is 6.56. The zero-order valence-corrected chi connectivity index (χ0v) is 13.4. The predicted octanol–water partition coefficient (Wildman–Crippen LogP) is 4.86. The van der Waals surface area contributed by atoms with Crippen molar-refractivity contribution in [2.24, 2.45) is 0 Å². The Morgan fingerprint density at radius 2 is 1.96 bits per heavy atom. The summed E-state index contributed by atoms with van der Waals surface area (Å²) in [4.78, 5) is 3.21. The number of halogens is 1. The maximum absolute atomic E-state index is 13.4. The van der Waals surface area contributed by atoms with Crippen molar-refractivity contribution < 1.29 is 13.9 Å². The molecule has 0 bridgehead atoms. The number of hydrogen-bond donors (Lipinski definition) is 1. The first kappa shape index (κ1) is 15.1. The highest BCUT2D eigenvalue weighted by molar-refractivity contribution is 5.83. The number of aromatic nitrogens is 1. The van der Waals surface area contributed by atoms with Gasteiger partial charge in [-0.1, -0.05) is 12.1 Å². The average molecular weight is 325 g/mol. The Morgan fingerprint density at radius 1 is 1.08 bits per heavy atom. The molecule has 0 spiro atoms. The minimum Gasteiger partial charge on any atom is -0.486 e. The van der Waals surface area contributed by atoms with Gasteiger partial charge in [-0.15, -0.1) is 0 Å². The van der Waals surface area contributed by atoms with Crippen LogP contribution in [0.2, 0.25) is 0 Å². The fourth-order valence-corrected chi connectivity index (χ4v) is 3.25. The molecule has 1 aliphatic rings. The predicted molar refractivity (Wildman–Crippen MR) is 92.2 cm³/mol. The van der Waals surface area contributed by atoms with Crippen molar-refractivity contribution in [3.63, 3.8) is 0 Å². The van der Waals surface area contributed by atoms with Crippen LogP contribution in [-0.4, -0.2) is 17.7 Å². The molecule has 0 amide bonds. The number of aromatic amines is 1. The molecule has 0 saturated heterocycles. The quantitative estimate of drug-likeness (QED) is 0.680. The van der Waals surface area contributed by atoms with Gasteiger partial charge in [0.2, 0.25) is 0 Å². The first-order chi connectivity index (χ1) is 11.8. The van der Waals surface area contributed by atoms with Crippen molar-refractivity contribution in [1.82, 2.24) is 4.98 Å². The van der Waals surface area contributed by atoms with Crippen molar-refractivity contribution in [3.8, 4) is 11.5 Å². The van der Waals surface area contributed by atoms with Crippen LogP contribution in [0.25, 0.3) is 10.9 Å². The van der Waals surface area contributed by atoms with E-state index >= 15 is 0 Å². The van der Waals surface area contributed by atoms with Gasteiger partial charge in [0.15, 0.2) is 11.5 Å². The second-order valence-corrected chi connectivity index (χ2v) is 6.25. The minimum atomic E-state index is -0.185. The molecule has 0 radical (unpaired) electrons. The Hall–Kier alpha value is -2.49. The van der Waals surface area contributed by atoms with Gasteiger partial charge in [-0.3, -0.25) is 0 Å². The van der Waals surface area contributed by atoms with E-state index in [-0.39, 0.29) is 11.9 Å². The zero-order chi connectivity index (χ0) is 16.4. The van der Waals surface area contributed by atoms with E-state index in [0.717, 1.165) is 48.1 Å². The minimum absolute atomic E-state index is 0.111. The second-order valence-electron chi connectivity index (χ2n) is 6.25. The standard InChI is InChI=1S/C20H20FNO2/c21-15-9-10-18-17(11-15)14(12-22-18)5-1-2-6-16-13-23-19-7-3-4-8-20(19)24-16/h3-4,7-12,16,22H,1-2,5-6,13H2. The molecule has 2 aromatic carbocycles. The van der Waals surface area contributed by atoms with Crippen LogP contribution in [0.3, 0.4) is 0 Å². The van der Waals surface area contributed by atoms with E-state index in [4.69, 9.17) is 9.47 Å². The summed E-state index contributed by atoms with van der Waals surface area (Å²) in [5.41, 5.74) is 2.17. The summed E-state index contributed by atoms with van der Waals surface area (Å²) in [7, 11) is 0. The summed E-state index contributed by atoms with van der Waals surface area (Å²) in [5, 5.41) is 0.987. The van der Waals surface area contributed by atoms with Crippen LogP contribution in [0.1, 0.15) is 24.8 Å². The largest absolute Gasteiger partial charge is 0.486 e. The van der Waals surface area contributed by atoms with Crippen LogP contribution in [0, 0.1) is 5.82 Å². The SMILES string of the molecule is Fc1ccc2[nH]cc(CCCCC3COc4ccccc4O3)c2c1. The molecule has 0 saturated carbocycles. The molecule has 4 rings (SSSR count). The van der Waals surface area contributed by atoms with Gasteiger partial charge in [0, 0.05) is 17.1 Å². The summed E-state index contributed by atoms with van der Waals surface area (Å²) in [5.74, 6) is 1.48. The lowest BCUT2D eigenvalue weighted by Crippen LogP contribution is -2.28. The maximum atomic E-state index is 13.4. The van der Waals surface area contributed by atoms with E-state index in [0.29, 0.717) is 6.61 Å². The third kappa shape index (κ3) is 3.09. The van der Waals surface area contributed by atoms with Gasteiger partial charge < -0.3 is 14.5 Å². The monoisotopic (exact) mass is 325 g/mol. The van der Waals surface area contributed by atoms with Crippen molar-refractivity contribution in [3.05, 3.63) is 60.0 Å². The third-order valence-electron chi connectivity index (χ3n) is 4.52. The van der Waals surface area contributed by atoms with E-state index in [1.54, 1.807) is 12.1 Å².